The van der Waals surface area contributed by atoms with Crippen LogP contribution in [-0.4, -0.2) is 23.2 Å². The van der Waals surface area contributed by atoms with E-state index in [9.17, 15) is 14.3 Å². The van der Waals surface area contributed by atoms with Crippen molar-refractivity contribution in [3.05, 3.63) is 34.6 Å². The summed E-state index contributed by atoms with van der Waals surface area (Å²) < 4.78 is 17.5. The minimum Gasteiger partial charge on any atom is -0.506 e. The van der Waals surface area contributed by atoms with Gasteiger partial charge in [-0.05, 0) is 18.6 Å². The summed E-state index contributed by atoms with van der Waals surface area (Å²) >= 11 is 1.15. The van der Waals surface area contributed by atoms with E-state index in [0.29, 0.717) is 9.75 Å². The predicted octanol–water partition coefficient (Wildman–Crippen LogP) is 2.75. The lowest BCUT2D eigenvalue weighted by atomic mass is 10.2. The minimum absolute atomic E-state index is 0.253. The fourth-order valence-electron chi connectivity index (χ4n) is 1.52. The summed E-state index contributed by atoms with van der Waals surface area (Å²) in [7, 11) is 1.30. The van der Waals surface area contributed by atoms with E-state index in [1.807, 2.05) is 0 Å². The third-order valence-electron chi connectivity index (χ3n) is 2.35. The second kappa shape index (κ2) is 4.73. The highest BCUT2D eigenvalue weighted by molar-refractivity contribution is 7.17. The first-order valence-electron chi connectivity index (χ1n) is 5.06. The summed E-state index contributed by atoms with van der Waals surface area (Å²) in [5.41, 5.74) is 1.03. The summed E-state index contributed by atoms with van der Waals surface area (Å²) in [4.78, 5) is 16.3. The quantitative estimate of drug-likeness (QED) is 0.850. The Morgan fingerprint density at radius 3 is 2.83 bits per heavy atom. The van der Waals surface area contributed by atoms with E-state index in [-0.39, 0.29) is 11.4 Å². The Hall–Kier alpha value is -1.95. The smallest absolute Gasteiger partial charge is 0.348 e. The number of carbonyl (C=O) groups is 1. The molecule has 2 aromatic heterocycles. The zero-order valence-corrected chi connectivity index (χ0v) is 10.5. The molecule has 18 heavy (non-hydrogen) atoms. The van der Waals surface area contributed by atoms with Crippen LogP contribution in [0.2, 0.25) is 0 Å². The Bertz CT molecular complexity index is 609. The second-order valence-electron chi connectivity index (χ2n) is 3.64. The standard InChI is InChI=1S/C12H10FNO3S/c1-6-3-9(12(16)17-2)18-11(6)10-8(15)4-7(13)5-14-10/h3-5,15H,1-2H3. The van der Waals surface area contributed by atoms with E-state index < -0.39 is 11.8 Å². The van der Waals surface area contributed by atoms with Gasteiger partial charge < -0.3 is 9.84 Å². The summed E-state index contributed by atoms with van der Waals surface area (Å²) in [5, 5.41) is 9.66. The zero-order chi connectivity index (χ0) is 13.3. The largest absolute Gasteiger partial charge is 0.506 e. The van der Waals surface area contributed by atoms with Gasteiger partial charge in [-0.2, -0.15) is 0 Å². The van der Waals surface area contributed by atoms with Crippen LogP contribution in [0.5, 0.6) is 5.75 Å². The Labute approximate surface area is 107 Å². The van der Waals surface area contributed by atoms with Crippen LogP contribution in [0.4, 0.5) is 4.39 Å². The van der Waals surface area contributed by atoms with E-state index in [4.69, 9.17) is 0 Å². The highest BCUT2D eigenvalue weighted by atomic mass is 32.1. The first kappa shape index (κ1) is 12.5. The van der Waals surface area contributed by atoms with E-state index >= 15 is 0 Å². The normalized spacial score (nSPS) is 10.4. The molecule has 94 valence electrons. The molecule has 0 aromatic carbocycles. The van der Waals surface area contributed by atoms with Gasteiger partial charge in [0.25, 0.3) is 0 Å². The van der Waals surface area contributed by atoms with Crippen LogP contribution < -0.4 is 0 Å². The number of aryl methyl sites for hydroxylation is 1. The summed E-state index contributed by atoms with van der Waals surface area (Å²) in [6.07, 6.45) is 1.02. The van der Waals surface area contributed by atoms with Gasteiger partial charge in [0.1, 0.15) is 22.1 Å². The molecular weight excluding hydrogens is 257 g/mol. The van der Waals surface area contributed by atoms with Gasteiger partial charge in [-0.1, -0.05) is 0 Å². The Kier molecular flexibility index (Phi) is 3.29. The van der Waals surface area contributed by atoms with Crippen LogP contribution in [0.25, 0.3) is 10.6 Å². The van der Waals surface area contributed by atoms with Crippen molar-refractivity contribution in [3.8, 4) is 16.3 Å². The number of aromatic hydroxyl groups is 1. The summed E-state index contributed by atoms with van der Waals surface area (Å²) in [6, 6.07) is 2.63. The number of rotatable bonds is 2. The van der Waals surface area contributed by atoms with Crippen LogP contribution >= 0.6 is 11.3 Å². The number of hydrogen-bond acceptors (Lipinski definition) is 5. The molecule has 0 saturated carbocycles. The number of methoxy groups -OCH3 is 1. The van der Waals surface area contributed by atoms with Crippen molar-refractivity contribution < 1.29 is 19.0 Å². The van der Waals surface area contributed by atoms with Crippen molar-refractivity contribution in [1.29, 1.82) is 0 Å². The molecule has 0 spiro atoms. The molecule has 0 fully saturated rings. The molecule has 0 atom stereocenters. The maximum absolute atomic E-state index is 12.9. The lowest BCUT2D eigenvalue weighted by Gasteiger charge is -2.01. The topological polar surface area (TPSA) is 59.4 Å². The average molecular weight is 267 g/mol. The van der Waals surface area contributed by atoms with Crippen LogP contribution in [0, 0.1) is 12.7 Å². The van der Waals surface area contributed by atoms with Gasteiger partial charge in [-0.25, -0.2) is 14.2 Å². The summed E-state index contributed by atoms with van der Waals surface area (Å²) in [5.74, 6) is -1.31. The van der Waals surface area contributed by atoms with Gasteiger partial charge in [0.05, 0.1) is 18.2 Å². The number of halogens is 1. The number of ether oxygens (including phenoxy) is 1. The Balaban J connectivity index is 2.51. The number of aromatic nitrogens is 1. The number of nitrogens with zero attached hydrogens (tertiary/aromatic N) is 1. The van der Waals surface area contributed by atoms with Crippen LogP contribution in [-0.2, 0) is 4.74 Å². The SMILES string of the molecule is COC(=O)c1cc(C)c(-c2ncc(F)cc2O)s1. The van der Waals surface area contributed by atoms with Gasteiger partial charge >= 0.3 is 5.97 Å². The number of carbonyl (C=O) groups excluding carboxylic acids is 1. The van der Waals surface area contributed by atoms with Gasteiger partial charge in [0.15, 0.2) is 0 Å². The molecule has 0 aliphatic carbocycles. The van der Waals surface area contributed by atoms with Crippen LogP contribution in [0.15, 0.2) is 18.3 Å². The molecule has 0 radical (unpaired) electrons. The number of esters is 1. The highest BCUT2D eigenvalue weighted by Crippen LogP contribution is 2.36. The first-order chi connectivity index (χ1) is 8.52. The molecule has 0 bridgehead atoms. The highest BCUT2D eigenvalue weighted by Gasteiger charge is 2.17. The number of hydrogen-bond donors (Lipinski definition) is 1. The molecule has 1 N–H and O–H groups in total. The average Bonchev–Trinajstić information content (AvgIpc) is 2.70. The van der Waals surface area contributed by atoms with E-state index in [1.165, 1.54) is 7.11 Å². The third-order valence-corrected chi connectivity index (χ3v) is 3.58. The van der Waals surface area contributed by atoms with E-state index in [1.54, 1.807) is 13.0 Å². The monoisotopic (exact) mass is 267 g/mol. The van der Waals surface area contributed by atoms with Crippen molar-refractivity contribution >= 4 is 17.3 Å². The summed E-state index contributed by atoms with van der Waals surface area (Å²) in [6.45, 7) is 1.78. The second-order valence-corrected chi connectivity index (χ2v) is 4.69. The number of pyridine rings is 1. The molecule has 0 aliphatic heterocycles. The van der Waals surface area contributed by atoms with Crippen molar-refractivity contribution in [2.45, 2.75) is 6.92 Å². The van der Waals surface area contributed by atoms with Gasteiger partial charge in [0.2, 0.25) is 0 Å². The first-order valence-corrected chi connectivity index (χ1v) is 5.88. The van der Waals surface area contributed by atoms with E-state index in [0.717, 1.165) is 29.2 Å². The Morgan fingerprint density at radius 2 is 2.22 bits per heavy atom. The molecule has 2 rings (SSSR count). The zero-order valence-electron chi connectivity index (χ0n) is 9.73. The van der Waals surface area contributed by atoms with Gasteiger partial charge in [-0.3, -0.25) is 0 Å². The molecule has 2 heterocycles. The minimum atomic E-state index is -0.612. The molecule has 0 unspecified atom stereocenters. The van der Waals surface area contributed by atoms with Crippen molar-refractivity contribution in [3.63, 3.8) is 0 Å². The maximum Gasteiger partial charge on any atom is 0.348 e. The van der Waals surface area contributed by atoms with Crippen LogP contribution in [0.3, 0.4) is 0 Å². The van der Waals surface area contributed by atoms with E-state index in [2.05, 4.69) is 9.72 Å². The number of thiophene rings is 1. The fourth-order valence-corrected chi connectivity index (χ4v) is 2.62. The Morgan fingerprint density at radius 1 is 1.50 bits per heavy atom. The molecule has 0 saturated heterocycles. The molecule has 2 aromatic rings. The molecule has 0 amide bonds. The molecule has 4 nitrogen and oxygen atoms in total. The molecule has 0 aliphatic rings. The van der Waals surface area contributed by atoms with Gasteiger partial charge in [-0.15, -0.1) is 11.3 Å². The molecular formula is C12H10FNO3S. The van der Waals surface area contributed by atoms with Crippen molar-refractivity contribution in [2.75, 3.05) is 7.11 Å². The lowest BCUT2D eigenvalue weighted by molar-refractivity contribution is 0.0606. The maximum atomic E-state index is 12.9. The predicted molar refractivity (Wildman–Crippen MR) is 65.2 cm³/mol. The van der Waals surface area contributed by atoms with Crippen molar-refractivity contribution in [2.24, 2.45) is 0 Å². The lowest BCUT2D eigenvalue weighted by Crippen LogP contribution is -1.96. The van der Waals surface area contributed by atoms with Crippen molar-refractivity contribution in [1.82, 2.24) is 4.98 Å². The van der Waals surface area contributed by atoms with Crippen LogP contribution in [0.1, 0.15) is 15.2 Å². The fraction of sp³-hybridized carbons (Fsp3) is 0.167. The van der Waals surface area contributed by atoms with Gasteiger partial charge in [0, 0.05) is 6.07 Å². The third kappa shape index (κ3) is 2.19. The molecule has 6 heteroatoms.